The van der Waals surface area contributed by atoms with E-state index in [2.05, 4.69) is 20.5 Å². The maximum atomic E-state index is 6.10. The largest absolute Gasteiger partial charge is 0.349 e. The van der Waals surface area contributed by atoms with Gasteiger partial charge >= 0.3 is 0 Å². The highest BCUT2D eigenvalue weighted by atomic mass is 15.2. The summed E-state index contributed by atoms with van der Waals surface area (Å²) < 4.78 is 0. The highest BCUT2D eigenvalue weighted by molar-refractivity contribution is 5.74. The monoisotopic (exact) mass is 243 g/mol. The van der Waals surface area contributed by atoms with Crippen molar-refractivity contribution in [3.8, 4) is 0 Å². The number of para-hydroxylation sites is 1. The van der Waals surface area contributed by atoms with Crippen LogP contribution < -0.4 is 11.1 Å². The van der Waals surface area contributed by atoms with Crippen molar-refractivity contribution < 1.29 is 0 Å². The Bertz CT molecular complexity index is 542. The summed E-state index contributed by atoms with van der Waals surface area (Å²) in [7, 11) is 0. The van der Waals surface area contributed by atoms with E-state index in [4.69, 9.17) is 5.73 Å². The predicted octanol–water partition coefficient (Wildman–Crippen LogP) is 1.71. The van der Waals surface area contributed by atoms with Gasteiger partial charge in [-0.05, 0) is 25.0 Å². The van der Waals surface area contributed by atoms with E-state index in [9.17, 15) is 0 Å². The van der Waals surface area contributed by atoms with Crippen LogP contribution in [0.2, 0.25) is 0 Å². The molecule has 3 rings (SSSR count). The Labute approximate surface area is 106 Å². The average molecular weight is 243 g/mol. The molecule has 1 fully saturated rings. The number of nitrogens with zero attached hydrogens (tertiary/aromatic N) is 3. The summed E-state index contributed by atoms with van der Waals surface area (Å²) in [4.78, 5) is 4.46. The second-order valence-corrected chi connectivity index (χ2v) is 4.82. The molecule has 18 heavy (non-hydrogen) atoms. The number of nitrogens with two attached hydrogens (primary N) is 1. The van der Waals surface area contributed by atoms with Gasteiger partial charge in [0.1, 0.15) is 5.52 Å². The summed E-state index contributed by atoms with van der Waals surface area (Å²) in [6.07, 6.45) is 4.58. The van der Waals surface area contributed by atoms with Crippen LogP contribution in [-0.4, -0.2) is 27.3 Å². The molecule has 0 unspecified atom stereocenters. The first-order chi connectivity index (χ1) is 8.83. The molecule has 1 aromatic carbocycles. The first kappa shape index (κ1) is 11.3. The van der Waals surface area contributed by atoms with E-state index in [0.717, 1.165) is 23.9 Å². The number of fused-ring (bicyclic) bond motifs is 1. The molecular weight excluding hydrogens is 226 g/mol. The molecule has 0 spiro atoms. The molecule has 1 saturated carbocycles. The van der Waals surface area contributed by atoms with Gasteiger partial charge in [-0.25, -0.2) is 4.98 Å². The van der Waals surface area contributed by atoms with Crippen molar-refractivity contribution in [3.63, 3.8) is 0 Å². The molecule has 5 nitrogen and oxygen atoms in total. The van der Waals surface area contributed by atoms with Crippen LogP contribution >= 0.6 is 0 Å². The van der Waals surface area contributed by atoms with Crippen LogP contribution in [0.1, 0.15) is 25.7 Å². The van der Waals surface area contributed by atoms with E-state index in [-0.39, 0.29) is 12.1 Å². The Hall–Kier alpha value is -1.75. The molecular formula is C13H17N5. The van der Waals surface area contributed by atoms with Gasteiger partial charge in [-0.3, -0.25) is 0 Å². The molecule has 1 heterocycles. The van der Waals surface area contributed by atoms with E-state index in [1.54, 1.807) is 0 Å². The molecule has 1 aliphatic rings. The summed E-state index contributed by atoms with van der Waals surface area (Å²) in [5.41, 5.74) is 7.78. The van der Waals surface area contributed by atoms with Gasteiger partial charge in [-0.15, -0.1) is 10.2 Å². The Kier molecular flexibility index (Phi) is 3.06. The van der Waals surface area contributed by atoms with Crippen LogP contribution in [0, 0.1) is 0 Å². The third-order valence-corrected chi connectivity index (χ3v) is 3.49. The van der Waals surface area contributed by atoms with Gasteiger partial charge in [0.25, 0.3) is 0 Å². The molecule has 1 aliphatic carbocycles. The fraction of sp³-hybridized carbons (Fsp3) is 0.462. The minimum atomic E-state index is 0.189. The minimum absolute atomic E-state index is 0.189. The SMILES string of the molecule is N[C@@H]1CCCC[C@H]1Nc1nnc2ccccc2n1. The van der Waals surface area contributed by atoms with Gasteiger partial charge in [0.15, 0.2) is 0 Å². The number of benzene rings is 1. The van der Waals surface area contributed by atoms with Crippen LogP contribution in [0.5, 0.6) is 0 Å². The molecule has 0 bridgehead atoms. The van der Waals surface area contributed by atoms with Crippen molar-refractivity contribution in [1.82, 2.24) is 15.2 Å². The van der Waals surface area contributed by atoms with E-state index in [1.807, 2.05) is 24.3 Å². The summed E-state index contributed by atoms with van der Waals surface area (Å²) in [6, 6.07) is 8.19. The van der Waals surface area contributed by atoms with E-state index in [1.165, 1.54) is 12.8 Å². The topological polar surface area (TPSA) is 76.7 Å². The summed E-state index contributed by atoms with van der Waals surface area (Å²) in [5, 5.41) is 11.6. The summed E-state index contributed by atoms with van der Waals surface area (Å²) in [5.74, 6) is 0.580. The first-order valence-corrected chi connectivity index (χ1v) is 6.44. The van der Waals surface area contributed by atoms with Gasteiger partial charge in [-0.2, -0.15) is 0 Å². The first-order valence-electron chi connectivity index (χ1n) is 6.44. The fourth-order valence-electron chi connectivity index (χ4n) is 2.45. The molecule has 1 aromatic heterocycles. The van der Waals surface area contributed by atoms with Gasteiger partial charge in [-0.1, -0.05) is 25.0 Å². The van der Waals surface area contributed by atoms with E-state index < -0.39 is 0 Å². The zero-order chi connectivity index (χ0) is 12.4. The van der Waals surface area contributed by atoms with Crippen molar-refractivity contribution in [2.75, 3.05) is 5.32 Å². The molecule has 0 radical (unpaired) electrons. The molecule has 0 saturated heterocycles. The van der Waals surface area contributed by atoms with Crippen molar-refractivity contribution in [2.45, 2.75) is 37.8 Å². The Balaban J connectivity index is 1.81. The van der Waals surface area contributed by atoms with Crippen LogP contribution in [-0.2, 0) is 0 Å². The second kappa shape index (κ2) is 4.86. The normalized spacial score (nSPS) is 24.1. The Morgan fingerprint density at radius 3 is 2.67 bits per heavy atom. The standard InChI is InChI=1S/C13H17N5/c14-9-5-1-2-6-10(9)15-13-16-11-7-3-4-8-12(11)17-18-13/h3-4,7-10H,1-2,5-6,14H2,(H,15,16,18)/t9-,10-/m1/s1. The van der Waals surface area contributed by atoms with Crippen molar-refractivity contribution in [1.29, 1.82) is 0 Å². The van der Waals surface area contributed by atoms with Crippen molar-refractivity contribution >= 4 is 17.0 Å². The van der Waals surface area contributed by atoms with Gasteiger partial charge < -0.3 is 11.1 Å². The van der Waals surface area contributed by atoms with Crippen LogP contribution in [0.15, 0.2) is 24.3 Å². The second-order valence-electron chi connectivity index (χ2n) is 4.82. The van der Waals surface area contributed by atoms with E-state index in [0.29, 0.717) is 5.95 Å². The van der Waals surface area contributed by atoms with Crippen molar-refractivity contribution in [2.24, 2.45) is 5.73 Å². The maximum Gasteiger partial charge on any atom is 0.243 e. The Morgan fingerprint density at radius 2 is 1.83 bits per heavy atom. The Morgan fingerprint density at radius 1 is 1.06 bits per heavy atom. The lowest BCUT2D eigenvalue weighted by Crippen LogP contribution is -2.43. The number of anilines is 1. The molecule has 94 valence electrons. The predicted molar refractivity (Wildman–Crippen MR) is 71.2 cm³/mol. The number of hydrogen-bond acceptors (Lipinski definition) is 5. The number of aromatic nitrogens is 3. The maximum absolute atomic E-state index is 6.10. The van der Waals surface area contributed by atoms with E-state index >= 15 is 0 Å². The average Bonchev–Trinajstić information content (AvgIpc) is 2.41. The molecule has 0 amide bonds. The molecule has 3 N–H and O–H groups in total. The van der Waals surface area contributed by atoms with Gasteiger partial charge in [0.2, 0.25) is 5.95 Å². The van der Waals surface area contributed by atoms with Gasteiger partial charge in [0, 0.05) is 12.1 Å². The molecule has 0 aliphatic heterocycles. The smallest absolute Gasteiger partial charge is 0.243 e. The highest BCUT2D eigenvalue weighted by Gasteiger charge is 2.22. The molecule has 2 atom stereocenters. The molecule has 2 aromatic rings. The van der Waals surface area contributed by atoms with Crippen LogP contribution in [0.3, 0.4) is 0 Å². The third-order valence-electron chi connectivity index (χ3n) is 3.49. The molecule has 5 heteroatoms. The lowest BCUT2D eigenvalue weighted by molar-refractivity contribution is 0.402. The lowest BCUT2D eigenvalue weighted by atomic mass is 9.91. The van der Waals surface area contributed by atoms with Gasteiger partial charge in [0.05, 0.1) is 5.52 Å². The summed E-state index contributed by atoms with van der Waals surface area (Å²) in [6.45, 7) is 0. The minimum Gasteiger partial charge on any atom is -0.349 e. The number of rotatable bonds is 2. The number of nitrogens with one attached hydrogen (secondary N) is 1. The summed E-state index contributed by atoms with van der Waals surface area (Å²) >= 11 is 0. The van der Waals surface area contributed by atoms with Crippen molar-refractivity contribution in [3.05, 3.63) is 24.3 Å². The zero-order valence-corrected chi connectivity index (χ0v) is 10.2. The number of hydrogen-bond donors (Lipinski definition) is 2. The quantitative estimate of drug-likeness (QED) is 0.839. The zero-order valence-electron chi connectivity index (χ0n) is 10.2. The van der Waals surface area contributed by atoms with Crippen LogP contribution in [0.25, 0.3) is 11.0 Å². The highest BCUT2D eigenvalue weighted by Crippen LogP contribution is 2.20. The fourth-order valence-corrected chi connectivity index (χ4v) is 2.45. The lowest BCUT2D eigenvalue weighted by Gasteiger charge is -2.29. The van der Waals surface area contributed by atoms with Crippen LogP contribution in [0.4, 0.5) is 5.95 Å². The third kappa shape index (κ3) is 2.26.